The molecule has 1 aliphatic heterocycles. The molecule has 2 heterocycles. The molecule has 0 unspecified atom stereocenters. The summed E-state index contributed by atoms with van der Waals surface area (Å²) in [4.78, 5) is 17.0. The van der Waals surface area contributed by atoms with Crippen LogP contribution in [-0.2, 0) is 0 Å². The fraction of sp³-hybridized carbons (Fsp3) is 0.200. The van der Waals surface area contributed by atoms with E-state index in [1.807, 2.05) is 42.5 Å². The molecule has 3 aromatic rings. The van der Waals surface area contributed by atoms with Crippen LogP contribution in [0, 0.1) is 0 Å². The first-order chi connectivity index (χ1) is 11.8. The van der Waals surface area contributed by atoms with E-state index in [1.54, 1.807) is 12.4 Å². The Morgan fingerprint density at radius 3 is 2.79 bits per heavy atom. The molecule has 120 valence electrons. The Morgan fingerprint density at radius 1 is 1.04 bits per heavy atom. The molecular formula is C20H19N3O. The van der Waals surface area contributed by atoms with E-state index in [0.29, 0.717) is 11.5 Å². The van der Waals surface area contributed by atoms with Crippen LogP contribution in [0.4, 0.5) is 0 Å². The molecule has 1 amide bonds. The highest BCUT2D eigenvalue weighted by Gasteiger charge is 2.30. The van der Waals surface area contributed by atoms with E-state index in [1.165, 1.54) is 5.56 Å². The van der Waals surface area contributed by atoms with Crippen LogP contribution in [0.25, 0.3) is 10.8 Å². The molecule has 2 aromatic carbocycles. The van der Waals surface area contributed by atoms with E-state index >= 15 is 0 Å². The van der Waals surface area contributed by atoms with Gasteiger partial charge in [0.2, 0.25) is 0 Å². The van der Waals surface area contributed by atoms with E-state index in [4.69, 9.17) is 0 Å². The molecule has 1 saturated heterocycles. The van der Waals surface area contributed by atoms with Crippen LogP contribution in [0.1, 0.15) is 21.8 Å². The molecule has 0 spiro atoms. The number of carbonyl (C=O) groups excluding carboxylic acids is 1. The van der Waals surface area contributed by atoms with Crippen LogP contribution in [0.15, 0.2) is 67.0 Å². The summed E-state index contributed by atoms with van der Waals surface area (Å²) in [5, 5.41) is 8.52. The number of hydrogen-bond donors (Lipinski definition) is 2. The molecule has 4 heteroatoms. The Hall–Kier alpha value is -2.72. The van der Waals surface area contributed by atoms with Crippen molar-refractivity contribution in [2.75, 3.05) is 13.1 Å². The lowest BCUT2D eigenvalue weighted by Crippen LogP contribution is -2.39. The van der Waals surface area contributed by atoms with Crippen molar-refractivity contribution in [1.29, 1.82) is 0 Å². The third-order valence-electron chi connectivity index (χ3n) is 4.68. The fourth-order valence-corrected chi connectivity index (χ4v) is 3.45. The molecule has 0 radical (unpaired) electrons. The second-order valence-corrected chi connectivity index (χ2v) is 6.16. The third kappa shape index (κ3) is 2.76. The second-order valence-electron chi connectivity index (χ2n) is 6.16. The van der Waals surface area contributed by atoms with Crippen molar-refractivity contribution in [1.82, 2.24) is 15.6 Å². The van der Waals surface area contributed by atoms with E-state index < -0.39 is 0 Å². The molecule has 1 fully saturated rings. The van der Waals surface area contributed by atoms with Crippen LogP contribution in [0.2, 0.25) is 0 Å². The molecule has 24 heavy (non-hydrogen) atoms. The maximum Gasteiger partial charge on any atom is 0.252 e. The van der Waals surface area contributed by atoms with Crippen molar-refractivity contribution in [3.05, 3.63) is 78.1 Å². The maximum absolute atomic E-state index is 12.8. The van der Waals surface area contributed by atoms with Crippen molar-refractivity contribution >= 4 is 16.7 Å². The number of aromatic nitrogens is 1. The van der Waals surface area contributed by atoms with Gasteiger partial charge in [0.25, 0.3) is 5.91 Å². The Balaban J connectivity index is 1.59. The molecule has 2 atom stereocenters. The summed E-state index contributed by atoms with van der Waals surface area (Å²) in [7, 11) is 0. The zero-order valence-corrected chi connectivity index (χ0v) is 13.3. The minimum Gasteiger partial charge on any atom is -0.347 e. The van der Waals surface area contributed by atoms with Crippen molar-refractivity contribution in [3.8, 4) is 0 Å². The van der Waals surface area contributed by atoms with Gasteiger partial charge in [-0.2, -0.15) is 0 Å². The molecule has 0 aliphatic carbocycles. The van der Waals surface area contributed by atoms with Crippen molar-refractivity contribution in [2.24, 2.45) is 0 Å². The zero-order chi connectivity index (χ0) is 16.4. The number of benzene rings is 2. The van der Waals surface area contributed by atoms with Gasteiger partial charge in [0.05, 0.1) is 0 Å². The average Bonchev–Trinajstić information content (AvgIpc) is 3.10. The Labute approximate surface area is 140 Å². The minimum atomic E-state index is -0.0265. The molecule has 1 aliphatic rings. The predicted octanol–water partition coefficient (Wildman–Crippen LogP) is 2.72. The summed E-state index contributed by atoms with van der Waals surface area (Å²) in [6, 6.07) is 18.1. The zero-order valence-electron chi connectivity index (χ0n) is 13.3. The second kappa shape index (κ2) is 6.42. The number of pyridine rings is 1. The van der Waals surface area contributed by atoms with E-state index in [0.717, 1.165) is 23.9 Å². The largest absolute Gasteiger partial charge is 0.347 e. The molecule has 4 rings (SSSR count). The van der Waals surface area contributed by atoms with Crippen LogP contribution < -0.4 is 10.6 Å². The summed E-state index contributed by atoms with van der Waals surface area (Å²) in [5.41, 5.74) is 1.96. The summed E-state index contributed by atoms with van der Waals surface area (Å²) in [6.45, 7) is 1.67. The predicted molar refractivity (Wildman–Crippen MR) is 95.0 cm³/mol. The number of amides is 1. The van der Waals surface area contributed by atoms with Crippen molar-refractivity contribution in [3.63, 3.8) is 0 Å². The standard InChI is InChI=1S/C20H19N3O/c24-20(17-8-4-7-15-11-21-10-9-16(15)17)23-19-13-22-12-18(19)14-5-2-1-3-6-14/h1-11,18-19,22H,12-13H2,(H,23,24)/t18-,19+/m0/s1. The highest BCUT2D eigenvalue weighted by molar-refractivity contribution is 6.06. The summed E-state index contributed by atoms with van der Waals surface area (Å²) in [5.74, 6) is 0.272. The number of carbonyl (C=O) groups is 1. The van der Waals surface area contributed by atoms with E-state index in [2.05, 4.69) is 27.8 Å². The van der Waals surface area contributed by atoms with Gasteiger partial charge in [-0.25, -0.2) is 0 Å². The molecule has 0 bridgehead atoms. The molecular weight excluding hydrogens is 298 g/mol. The SMILES string of the molecule is O=C(N[C@@H]1CNC[C@H]1c1ccccc1)c1cccc2cnccc12. The van der Waals surface area contributed by atoms with Crippen LogP contribution in [-0.4, -0.2) is 30.0 Å². The first kappa shape index (κ1) is 14.8. The fourth-order valence-electron chi connectivity index (χ4n) is 3.45. The smallest absolute Gasteiger partial charge is 0.252 e. The highest BCUT2D eigenvalue weighted by Crippen LogP contribution is 2.24. The van der Waals surface area contributed by atoms with Gasteiger partial charge in [-0.1, -0.05) is 42.5 Å². The van der Waals surface area contributed by atoms with Gasteiger partial charge in [-0.15, -0.1) is 0 Å². The first-order valence-corrected chi connectivity index (χ1v) is 8.22. The van der Waals surface area contributed by atoms with Gasteiger partial charge in [0, 0.05) is 48.4 Å². The summed E-state index contributed by atoms with van der Waals surface area (Å²) >= 11 is 0. The lowest BCUT2D eigenvalue weighted by atomic mass is 9.94. The summed E-state index contributed by atoms with van der Waals surface area (Å²) in [6.07, 6.45) is 3.51. The van der Waals surface area contributed by atoms with Crippen molar-refractivity contribution in [2.45, 2.75) is 12.0 Å². The lowest BCUT2D eigenvalue weighted by molar-refractivity contribution is 0.0938. The monoisotopic (exact) mass is 317 g/mol. The molecule has 0 saturated carbocycles. The Kier molecular flexibility index (Phi) is 3.97. The van der Waals surface area contributed by atoms with Gasteiger partial charge in [0.15, 0.2) is 0 Å². The number of fused-ring (bicyclic) bond motifs is 1. The number of nitrogens with zero attached hydrogens (tertiary/aromatic N) is 1. The molecule has 4 nitrogen and oxygen atoms in total. The molecule has 2 N–H and O–H groups in total. The van der Waals surface area contributed by atoms with Gasteiger partial charge < -0.3 is 10.6 Å². The minimum absolute atomic E-state index is 0.0265. The van der Waals surface area contributed by atoms with Gasteiger partial charge >= 0.3 is 0 Å². The van der Waals surface area contributed by atoms with Gasteiger partial charge in [-0.05, 0) is 23.1 Å². The number of nitrogens with one attached hydrogen (secondary N) is 2. The Bertz CT molecular complexity index is 858. The van der Waals surface area contributed by atoms with Crippen LogP contribution >= 0.6 is 0 Å². The third-order valence-corrected chi connectivity index (χ3v) is 4.68. The Morgan fingerprint density at radius 2 is 1.92 bits per heavy atom. The molecule has 1 aromatic heterocycles. The van der Waals surface area contributed by atoms with Gasteiger partial charge in [-0.3, -0.25) is 9.78 Å². The maximum atomic E-state index is 12.8. The van der Waals surface area contributed by atoms with Crippen LogP contribution in [0.3, 0.4) is 0 Å². The van der Waals surface area contributed by atoms with Crippen molar-refractivity contribution < 1.29 is 4.79 Å². The van der Waals surface area contributed by atoms with Gasteiger partial charge in [0.1, 0.15) is 0 Å². The normalized spacial score (nSPS) is 20.2. The number of rotatable bonds is 3. The highest BCUT2D eigenvalue weighted by atomic mass is 16.1. The van der Waals surface area contributed by atoms with Crippen LogP contribution in [0.5, 0.6) is 0 Å². The van der Waals surface area contributed by atoms with E-state index in [-0.39, 0.29) is 11.9 Å². The lowest BCUT2D eigenvalue weighted by Gasteiger charge is -2.21. The van der Waals surface area contributed by atoms with E-state index in [9.17, 15) is 4.79 Å². The quantitative estimate of drug-likeness (QED) is 0.781. The summed E-state index contributed by atoms with van der Waals surface area (Å²) < 4.78 is 0. The topological polar surface area (TPSA) is 54.0 Å². The number of hydrogen-bond acceptors (Lipinski definition) is 3. The average molecular weight is 317 g/mol. The first-order valence-electron chi connectivity index (χ1n) is 8.22.